The zero-order valence-corrected chi connectivity index (χ0v) is 29.2. The number of hydrogen-bond donors (Lipinski definition) is 3. The number of aromatic amines is 1. The van der Waals surface area contributed by atoms with Gasteiger partial charge in [0.05, 0.1) is 20.3 Å². The number of aromatic nitrogens is 1. The van der Waals surface area contributed by atoms with E-state index in [9.17, 15) is 19.2 Å². The molecule has 264 valence electrons. The van der Waals surface area contributed by atoms with Gasteiger partial charge in [-0.15, -0.1) is 0 Å². The van der Waals surface area contributed by atoms with Gasteiger partial charge in [-0.25, -0.2) is 9.59 Å². The van der Waals surface area contributed by atoms with Gasteiger partial charge < -0.3 is 35.1 Å². The Labute approximate surface area is 292 Å². The van der Waals surface area contributed by atoms with Crippen LogP contribution < -0.4 is 15.8 Å². The minimum atomic E-state index is -0.597. The van der Waals surface area contributed by atoms with E-state index in [1.54, 1.807) is 12.0 Å². The van der Waals surface area contributed by atoms with Crippen molar-refractivity contribution in [2.75, 3.05) is 20.8 Å². The second-order valence-corrected chi connectivity index (χ2v) is 13.2. The minimum Gasteiger partial charge on any atom is -0.497 e. The van der Waals surface area contributed by atoms with Crippen LogP contribution in [0.5, 0.6) is 5.75 Å². The molecule has 0 saturated heterocycles. The highest BCUT2D eigenvalue weighted by Crippen LogP contribution is 2.44. The topological polar surface area (TPSA) is 153 Å². The number of H-pyrrole nitrogens is 1. The number of alkyl carbamates (subject to hydrolysis) is 1. The van der Waals surface area contributed by atoms with Gasteiger partial charge in [-0.2, -0.15) is 0 Å². The molecule has 3 amide bonds. The lowest BCUT2D eigenvalue weighted by Crippen LogP contribution is -2.48. The SMILES string of the molecule is CC(CCC(N)=O)NC(=O)OCC1c2ccccc2-c2ccccc21.COC(=O)C1Cc2c([nH]c3cc(OC)ccc23)C(CC(C)C)N1C=O. The van der Waals surface area contributed by atoms with Gasteiger partial charge in [-0.05, 0) is 65.6 Å². The largest absolute Gasteiger partial charge is 0.497 e. The maximum Gasteiger partial charge on any atom is 0.407 e. The van der Waals surface area contributed by atoms with Gasteiger partial charge in [0.2, 0.25) is 12.3 Å². The Balaban J connectivity index is 0.000000194. The van der Waals surface area contributed by atoms with Crippen LogP contribution in [0, 0.1) is 5.92 Å². The Morgan fingerprint density at radius 2 is 1.66 bits per heavy atom. The standard InChI is InChI=1S/C20H22N2O3.C19H24N2O4/c1-13(10-11-19(21)23)22-20(24)25-12-18-16-8-4-2-6-14(16)15-7-3-5-9-17(15)18;1-11(2)7-16-18-14(9-17(19(23)25-4)21(16)10-22)13-6-5-12(24-3)8-15(13)20-18/h2-9,13,18H,10-12H2,1H3,(H2,21,23)(H,22,24);5-6,8,10-11,16-17,20H,7,9H2,1-4H3. The molecule has 4 aromatic rings. The monoisotopic (exact) mass is 682 g/mol. The van der Waals surface area contributed by atoms with E-state index in [4.69, 9.17) is 19.9 Å². The smallest absolute Gasteiger partial charge is 0.407 e. The third-order valence-corrected chi connectivity index (χ3v) is 9.42. The van der Waals surface area contributed by atoms with Crippen molar-refractivity contribution in [1.82, 2.24) is 15.2 Å². The number of carbonyl (C=O) groups excluding carboxylic acids is 4. The fourth-order valence-corrected chi connectivity index (χ4v) is 7.00. The van der Waals surface area contributed by atoms with Crippen LogP contribution in [0.3, 0.4) is 0 Å². The second-order valence-electron chi connectivity index (χ2n) is 13.2. The number of primary amides is 1. The molecule has 3 aromatic carbocycles. The van der Waals surface area contributed by atoms with Crippen LogP contribution in [0.15, 0.2) is 66.7 Å². The summed E-state index contributed by atoms with van der Waals surface area (Å²) in [5, 5.41) is 3.80. The van der Waals surface area contributed by atoms with E-state index >= 15 is 0 Å². The molecule has 11 heteroatoms. The molecule has 3 atom stereocenters. The predicted molar refractivity (Wildman–Crippen MR) is 191 cm³/mol. The summed E-state index contributed by atoms with van der Waals surface area (Å²) >= 11 is 0. The molecular weight excluding hydrogens is 636 g/mol. The molecule has 1 aliphatic carbocycles. The van der Waals surface area contributed by atoms with Crippen molar-refractivity contribution in [2.24, 2.45) is 11.7 Å². The Kier molecular flexibility index (Phi) is 11.5. The van der Waals surface area contributed by atoms with Crippen molar-refractivity contribution in [3.8, 4) is 16.9 Å². The molecule has 2 heterocycles. The van der Waals surface area contributed by atoms with E-state index in [0.29, 0.717) is 18.8 Å². The second kappa shape index (κ2) is 15.9. The maximum atomic E-state index is 12.3. The Morgan fingerprint density at radius 1 is 1.00 bits per heavy atom. The fourth-order valence-electron chi connectivity index (χ4n) is 7.00. The maximum absolute atomic E-state index is 12.3. The summed E-state index contributed by atoms with van der Waals surface area (Å²) in [7, 11) is 2.99. The average molecular weight is 683 g/mol. The lowest BCUT2D eigenvalue weighted by atomic mass is 9.88. The summed E-state index contributed by atoms with van der Waals surface area (Å²) in [5.74, 6) is 0.426. The van der Waals surface area contributed by atoms with E-state index < -0.39 is 12.1 Å². The summed E-state index contributed by atoms with van der Waals surface area (Å²) in [4.78, 5) is 52.0. The number of methoxy groups -OCH3 is 2. The van der Waals surface area contributed by atoms with E-state index in [-0.39, 0.29) is 42.9 Å². The molecule has 0 fully saturated rings. The first kappa shape index (κ1) is 36.0. The summed E-state index contributed by atoms with van der Waals surface area (Å²) in [6.07, 6.45) is 2.25. The van der Waals surface area contributed by atoms with Crippen molar-refractivity contribution >= 4 is 35.3 Å². The molecular formula is C39H46N4O7. The number of hydrogen-bond acceptors (Lipinski definition) is 7. The molecule has 3 unspecified atom stereocenters. The molecule has 0 radical (unpaired) electrons. The number of amides is 3. The van der Waals surface area contributed by atoms with Gasteiger partial charge in [0.1, 0.15) is 18.4 Å². The zero-order chi connectivity index (χ0) is 35.9. The number of benzene rings is 3. The number of esters is 1. The van der Waals surface area contributed by atoms with Crippen molar-refractivity contribution in [1.29, 1.82) is 0 Å². The Bertz CT molecular complexity index is 1810. The van der Waals surface area contributed by atoms with Crippen LogP contribution in [0.1, 0.15) is 74.4 Å². The van der Waals surface area contributed by atoms with Gasteiger partial charge in [-0.1, -0.05) is 62.4 Å². The van der Waals surface area contributed by atoms with E-state index in [2.05, 4.69) is 48.4 Å². The Morgan fingerprint density at radius 3 is 2.24 bits per heavy atom. The van der Waals surface area contributed by atoms with Crippen molar-refractivity contribution < 1.29 is 33.4 Å². The van der Waals surface area contributed by atoms with Crippen LogP contribution in [0.25, 0.3) is 22.0 Å². The van der Waals surface area contributed by atoms with Gasteiger partial charge in [-0.3, -0.25) is 9.59 Å². The number of ether oxygens (including phenoxy) is 3. The van der Waals surface area contributed by atoms with Gasteiger partial charge in [0.25, 0.3) is 0 Å². The summed E-state index contributed by atoms with van der Waals surface area (Å²) in [6, 6.07) is 21.3. The molecule has 2 aliphatic rings. The molecule has 0 saturated carbocycles. The number of nitrogens with two attached hydrogens (primary N) is 1. The molecule has 1 aromatic heterocycles. The highest BCUT2D eigenvalue weighted by atomic mass is 16.5. The summed E-state index contributed by atoms with van der Waals surface area (Å²) in [6.45, 7) is 6.32. The van der Waals surface area contributed by atoms with Crippen LogP contribution in [-0.4, -0.2) is 67.2 Å². The first-order valence-electron chi connectivity index (χ1n) is 16.9. The van der Waals surface area contributed by atoms with E-state index in [1.165, 1.54) is 29.4 Å². The Hall–Kier alpha value is -5.32. The van der Waals surface area contributed by atoms with Crippen molar-refractivity contribution in [3.63, 3.8) is 0 Å². The highest BCUT2D eigenvalue weighted by molar-refractivity contribution is 5.89. The van der Waals surface area contributed by atoms with Crippen LogP contribution in [0.2, 0.25) is 0 Å². The molecule has 11 nitrogen and oxygen atoms in total. The predicted octanol–water partition coefficient (Wildman–Crippen LogP) is 6.00. The quantitative estimate of drug-likeness (QED) is 0.130. The molecule has 0 bridgehead atoms. The lowest BCUT2D eigenvalue weighted by Gasteiger charge is -2.38. The molecule has 0 spiro atoms. The molecule has 1 aliphatic heterocycles. The minimum absolute atomic E-state index is 0.0408. The first-order valence-corrected chi connectivity index (χ1v) is 16.9. The van der Waals surface area contributed by atoms with Crippen molar-refractivity contribution in [2.45, 2.75) is 70.5 Å². The van der Waals surface area contributed by atoms with Gasteiger partial charge >= 0.3 is 12.1 Å². The number of nitrogens with one attached hydrogen (secondary N) is 2. The molecule has 50 heavy (non-hydrogen) atoms. The average Bonchev–Trinajstić information content (AvgIpc) is 3.64. The zero-order valence-electron chi connectivity index (χ0n) is 29.2. The van der Waals surface area contributed by atoms with Crippen LogP contribution >= 0.6 is 0 Å². The van der Waals surface area contributed by atoms with E-state index in [0.717, 1.165) is 40.7 Å². The van der Waals surface area contributed by atoms with Gasteiger partial charge in [0, 0.05) is 47.5 Å². The highest BCUT2D eigenvalue weighted by Gasteiger charge is 2.40. The number of carbonyl (C=O) groups is 4. The van der Waals surface area contributed by atoms with Crippen LogP contribution in [0.4, 0.5) is 4.79 Å². The third kappa shape index (κ3) is 7.77. The number of rotatable bonds is 11. The van der Waals surface area contributed by atoms with E-state index in [1.807, 2.05) is 49.4 Å². The van der Waals surface area contributed by atoms with Crippen LogP contribution in [-0.2, 0) is 30.3 Å². The summed E-state index contributed by atoms with van der Waals surface area (Å²) < 4.78 is 15.7. The summed E-state index contributed by atoms with van der Waals surface area (Å²) in [5.41, 5.74) is 12.9. The van der Waals surface area contributed by atoms with Gasteiger partial charge in [0.15, 0.2) is 0 Å². The normalized spacial score (nSPS) is 16.7. The molecule has 4 N–H and O–H groups in total. The third-order valence-electron chi connectivity index (χ3n) is 9.42. The number of fused-ring (bicyclic) bond motifs is 6. The lowest BCUT2D eigenvalue weighted by molar-refractivity contribution is -0.152. The molecule has 6 rings (SSSR count). The number of nitrogens with zero attached hydrogens (tertiary/aromatic N) is 1. The fraction of sp³-hybridized carbons (Fsp3) is 0.385. The first-order chi connectivity index (χ1) is 24.1. The van der Waals surface area contributed by atoms with Crippen molar-refractivity contribution in [3.05, 3.63) is 89.1 Å².